The normalized spacial score (nSPS) is 12.8. The van der Waals surface area contributed by atoms with Crippen LogP contribution in [-0.2, 0) is 15.9 Å². The van der Waals surface area contributed by atoms with Crippen molar-refractivity contribution in [2.24, 2.45) is 0 Å². The Labute approximate surface area is 67.9 Å². The van der Waals surface area contributed by atoms with E-state index in [-0.39, 0.29) is 12.2 Å². The molecule has 1 N–H and O–H groups in total. The summed E-state index contributed by atoms with van der Waals surface area (Å²) in [6, 6.07) is 0. The molecule has 0 radical (unpaired) electrons. The predicted molar refractivity (Wildman–Crippen MR) is 39.9 cm³/mol. The van der Waals surface area contributed by atoms with Crippen LogP contribution in [0.3, 0.4) is 0 Å². The molecule has 0 rings (SSSR count). The molecule has 0 aliphatic heterocycles. The van der Waals surface area contributed by atoms with Gasteiger partial charge in [0.25, 0.3) is 0 Å². The second-order valence-electron chi connectivity index (χ2n) is 2.21. The molecule has 66 valence electrons. The van der Waals surface area contributed by atoms with E-state index in [1.165, 1.54) is 0 Å². The first-order valence-corrected chi connectivity index (χ1v) is 4.65. The van der Waals surface area contributed by atoms with Gasteiger partial charge in [-0.05, 0) is 12.8 Å². The van der Waals surface area contributed by atoms with Crippen LogP contribution in [-0.4, -0.2) is 25.6 Å². The molecule has 11 heavy (non-hydrogen) atoms. The van der Waals surface area contributed by atoms with Gasteiger partial charge in [0.05, 0.1) is 0 Å². The predicted octanol–water partition coefficient (Wildman–Crippen LogP) is 0.510. The second kappa shape index (κ2) is 6.30. The smallest absolute Gasteiger partial charge is 0.303 e. The van der Waals surface area contributed by atoms with E-state index in [0.717, 1.165) is 0 Å². The van der Waals surface area contributed by atoms with Crippen LogP contribution in [0.1, 0.15) is 25.7 Å². The minimum absolute atomic E-state index is 0.130. The number of aliphatic carboxylic acids is 1. The van der Waals surface area contributed by atoms with Gasteiger partial charge in [-0.1, -0.05) is 17.5 Å². The SMILES string of the molecule is O=C(O)CCCCCS(=O)[O-]. The number of carbonyl (C=O) groups is 1. The van der Waals surface area contributed by atoms with Crippen molar-refractivity contribution >= 4 is 17.0 Å². The maximum Gasteiger partial charge on any atom is 0.303 e. The Balaban J connectivity index is 3.03. The van der Waals surface area contributed by atoms with Crippen LogP contribution >= 0.6 is 0 Å². The first kappa shape index (κ1) is 10.6. The molecule has 0 spiro atoms. The molecular weight excluding hydrogens is 168 g/mol. The largest absolute Gasteiger partial charge is 0.772 e. The first-order chi connectivity index (χ1) is 5.13. The van der Waals surface area contributed by atoms with Crippen molar-refractivity contribution in [3.05, 3.63) is 0 Å². The number of hydrogen-bond acceptors (Lipinski definition) is 3. The lowest BCUT2D eigenvalue weighted by Gasteiger charge is -2.02. The molecule has 0 aromatic heterocycles. The van der Waals surface area contributed by atoms with E-state index in [1.807, 2.05) is 0 Å². The van der Waals surface area contributed by atoms with Crippen molar-refractivity contribution < 1.29 is 18.7 Å². The topological polar surface area (TPSA) is 77.4 Å². The lowest BCUT2D eigenvalue weighted by Crippen LogP contribution is -1.97. The van der Waals surface area contributed by atoms with E-state index in [4.69, 9.17) is 5.11 Å². The van der Waals surface area contributed by atoms with E-state index < -0.39 is 17.0 Å². The quantitative estimate of drug-likeness (QED) is 0.476. The van der Waals surface area contributed by atoms with Gasteiger partial charge in [0.1, 0.15) is 0 Å². The lowest BCUT2D eigenvalue weighted by atomic mass is 10.2. The third kappa shape index (κ3) is 9.58. The van der Waals surface area contributed by atoms with E-state index in [0.29, 0.717) is 19.3 Å². The molecular formula is C6H11O4S-. The Bertz CT molecular complexity index is 130. The fraction of sp³-hybridized carbons (Fsp3) is 0.833. The van der Waals surface area contributed by atoms with E-state index in [9.17, 15) is 13.6 Å². The summed E-state index contributed by atoms with van der Waals surface area (Å²) in [5.41, 5.74) is 0. The van der Waals surface area contributed by atoms with Gasteiger partial charge in [-0.2, -0.15) is 0 Å². The van der Waals surface area contributed by atoms with Crippen LogP contribution in [0.2, 0.25) is 0 Å². The highest BCUT2D eigenvalue weighted by atomic mass is 32.2. The Morgan fingerprint density at radius 1 is 1.36 bits per heavy atom. The summed E-state index contributed by atoms with van der Waals surface area (Å²) in [4.78, 5) is 9.97. The molecule has 0 saturated heterocycles. The molecule has 0 aromatic carbocycles. The summed E-state index contributed by atoms with van der Waals surface area (Å²) in [5.74, 6) is -0.687. The van der Waals surface area contributed by atoms with Crippen LogP contribution in [0.5, 0.6) is 0 Å². The highest BCUT2D eigenvalue weighted by Crippen LogP contribution is 1.99. The van der Waals surface area contributed by atoms with Crippen molar-refractivity contribution in [3.63, 3.8) is 0 Å². The van der Waals surface area contributed by atoms with Gasteiger partial charge in [-0.25, -0.2) is 0 Å². The lowest BCUT2D eigenvalue weighted by molar-refractivity contribution is -0.137. The van der Waals surface area contributed by atoms with Crippen LogP contribution < -0.4 is 0 Å². The first-order valence-electron chi connectivity index (χ1n) is 3.40. The Hall–Kier alpha value is -0.420. The molecule has 0 aliphatic rings. The monoisotopic (exact) mass is 179 g/mol. The van der Waals surface area contributed by atoms with Gasteiger partial charge in [-0.15, -0.1) is 0 Å². The van der Waals surface area contributed by atoms with Gasteiger partial charge in [0.2, 0.25) is 0 Å². The van der Waals surface area contributed by atoms with Gasteiger partial charge in [0.15, 0.2) is 0 Å². The van der Waals surface area contributed by atoms with Gasteiger partial charge in [-0.3, -0.25) is 9.00 Å². The zero-order valence-corrected chi connectivity index (χ0v) is 6.93. The summed E-state index contributed by atoms with van der Waals surface area (Å²) < 4.78 is 20.0. The fourth-order valence-corrected chi connectivity index (χ4v) is 1.11. The second-order valence-corrected chi connectivity index (χ2v) is 3.23. The molecule has 0 fully saturated rings. The molecule has 0 aliphatic carbocycles. The molecule has 4 nitrogen and oxygen atoms in total. The van der Waals surface area contributed by atoms with Crippen molar-refractivity contribution in [1.29, 1.82) is 0 Å². The molecule has 5 heteroatoms. The standard InChI is InChI=1S/C6H12O4S/c7-6(8)4-2-1-3-5-11(9)10/h1-5H2,(H,7,8)(H,9,10)/p-1. The average Bonchev–Trinajstić information content (AvgIpc) is 1.85. The third-order valence-corrected chi connectivity index (χ3v) is 1.82. The molecule has 0 heterocycles. The molecule has 0 bridgehead atoms. The number of rotatable bonds is 6. The van der Waals surface area contributed by atoms with Crippen molar-refractivity contribution in [3.8, 4) is 0 Å². The molecule has 0 amide bonds. The van der Waals surface area contributed by atoms with Crippen LogP contribution in [0.15, 0.2) is 0 Å². The Morgan fingerprint density at radius 2 is 2.00 bits per heavy atom. The average molecular weight is 179 g/mol. The maximum atomic E-state index is 9.98. The number of hydrogen-bond donors (Lipinski definition) is 1. The highest BCUT2D eigenvalue weighted by Gasteiger charge is 1.95. The zero-order valence-electron chi connectivity index (χ0n) is 6.12. The molecule has 1 unspecified atom stereocenters. The third-order valence-electron chi connectivity index (χ3n) is 1.20. The zero-order chi connectivity index (χ0) is 8.69. The summed E-state index contributed by atoms with van der Waals surface area (Å²) in [6.07, 6.45) is 1.92. The fourth-order valence-electron chi connectivity index (χ4n) is 0.673. The van der Waals surface area contributed by atoms with Crippen LogP contribution in [0.25, 0.3) is 0 Å². The Morgan fingerprint density at radius 3 is 2.45 bits per heavy atom. The maximum absolute atomic E-state index is 9.98. The molecule has 0 aromatic rings. The summed E-state index contributed by atoms with van der Waals surface area (Å²) in [7, 11) is 0. The van der Waals surface area contributed by atoms with Crippen molar-refractivity contribution in [1.82, 2.24) is 0 Å². The van der Waals surface area contributed by atoms with E-state index in [1.54, 1.807) is 0 Å². The van der Waals surface area contributed by atoms with Gasteiger partial charge < -0.3 is 9.66 Å². The summed E-state index contributed by atoms with van der Waals surface area (Å²) in [5, 5.41) is 8.20. The van der Waals surface area contributed by atoms with Gasteiger partial charge >= 0.3 is 5.97 Å². The van der Waals surface area contributed by atoms with Crippen LogP contribution in [0.4, 0.5) is 0 Å². The molecule has 0 saturated carbocycles. The minimum atomic E-state index is -1.98. The Kier molecular flexibility index (Phi) is 6.06. The number of carboxylic acid groups (broad SMARTS) is 1. The number of unbranched alkanes of at least 4 members (excludes halogenated alkanes) is 2. The van der Waals surface area contributed by atoms with Crippen LogP contribution in [0, 0.1) is 0 Å². The number of carboxylic acids is 1. The van der Waals surface area contributed by atoms with Gasteiger partial charge in [0, 0.05) is 12.2 Å². The molecule has 1 atom stereocenters. The van der Waals surface area contributed by atoms with Crippen molar-refractivity contribution in [2.45, 2.75) is 25.7 Å². The van der Waals surface area contributed by atoms with E-state index >= 15 is 0 Å². The summed E-state index contributed by atoms with van der Waals surface area (Å²) >= 11 is -1.98. The highest BCUT2D eigenvalue weighted by molar-refractivity contribution is 7.79. The minimum Gasteiger partial charge on any atom is -0.772 e. The summed E-state index contributed by atoms with van der Waals surface area (Å²) in [6.45, 7) is 0. The van der Waals surface area contributed by atoms with Crippen molar-refractivity contribution in [2.75, 3.05) is 5.75 Å². The van der Waals surface area contributed by atoms with E-state index in [2.05, 4.69) is 0 Å².